The second-order valence-corrected chi connectivity index (χ2v) is 5.84. The third-order valence-corrected chi connectivity index (χ3v) is 3.86. The van der Waals surface area contributed by atoms with Gasteiger partial charge in [-0.25, -0.2) is 4.79 Å². The fraction of sp³-hybridized carbons (Fsp3) is 0.300. The van der Waals surface area contributed by atoms with Crippen LogP contribution in [0.1, 0.15) is 46.0 Å². The van der Waals surface area contributed by atoms with Gasteiger partial charge in [-0.3, -0.25) is 4.79 Å². The molecule has 0 fully saturated rings. The summed E-state index contributed by atoms with van der Waals surface area (Å²) in [4.78, 5) is 24.4. The van der Waals surface area contributed by atoms with Gasteiger partial charge in [0.05, 0.1) is 25.3 Å². The minimum absolute atomic E-state index is 0.339. The van der Waals surface area contributed by atoms with Gasteiger partial charge in [0, 0.05) is 6.07 Å². The van der Waals surface area contributed by atoms with Crippen molar-refractivity contribution in [2.45, 2.75) is 19.8 Å². The first-order valence-electron chi connectivity index (χ1n) is 7.98. The van der Waals surface area contributed by atoms with Gasteiger partial charge in [0.25, 0.3) is 0 Å². The van der Waals surface area contributed by atoms with Crippen LogP contribution in [0.25, 0.3) is 0 Å². The Morgan fingerprint density at radius 2 is 1.64 bits per heavy atom. The lowest BCUT2D eigenvalue weighted by Crippen LogP contribution is -2.15. The molecular weight excluding hydrogens is 320 g/mol. The summed E-state index contributed by atoms with van der Waals surface area (Å²) in [7, 11) is 3.00. The lowest BCUT2D eigenvalue weighted by Gasteiger charge is -2.10. The Bertz CT molecular complexity index is 747. The molecule has 0 aliphatic carbocycles. The average Bonchev–Trinajstić information content (AvgIpc) is 2.65. The molecule has 132 valence electrons. The summed E-state index contributed by atoms with van der Waals surface area (Å²) < 4.78 is 15.4. The average molecular weight is 342 g/mol. The van der Waals surface area contributed by atoms with E-state index in [1.165, 1.54) is 14.2 Å². The summed E-state index contributed by atoms with van der Waals surface area (Å²) in [6.45, 7) is 3.80. The van der Waals surface area contributed by atoms with Crippen molar-refractivity contribution in [3.8, 4) is 11.5 Å². The summed E-state index contributed by atoms with van der Waals surface area (Å²) in [5, 5.41) is 0. The molecular formula is C20H22O5. The highest BCUT2D eigenvalue weighted by atomic mass is 16.5. The first-order valence-corrected chi connectivity index (χ1v) is 7.98. The Labute approximate surface area is 147 Å². The molecule has 0 heterocycles. The number of carbonyl (C=O) groups is 2. The van der Waals surface area contributed by atoms with Gasteiger partial charge in [-0.05, 0) is 35.7 Å². The maximum atomic E-state index is 12.3. The molecule has 0 spiro atoms. The highest BCUT2D eigenvalue weighted by Crippen LogP contribution is 2.25. The monoisotopic (exact) mass is 342 g/mol. The molecule has 5 heteroatoms. The molecule has 0 unspecified atom stereocenters. The molecule has 25 heavy (non-hydrogen) atoms. The Morgan fingerprint density at radius 3 is 2.20 bits per heavy atom. The van der Waals surface area contributed by atoms with Crippen molar-refractivity contribution in [2.75, 3.05) is 20.8 Å². The molecule has 0 N–H and O–H groups in total. The van der Waals surface area contributed by atoms with E-state index in [2.05, 4.69) is 13.8 Å². The number of Topliss-reactive ketones (excluding diaryl/α,β-unsaturated/α-hetero) is 1. The SMILES string of the molecule is COc1ccc(C(=O)COC(=O)c2ccc(C(C)C)cc2)c(OC)c1. The van der Waals surface area contributed by atoms with Crippen molar-refractivity contribution in [1.29, 1.82) is 0 Å². The number of esters is 1. The van der Waals surface area contributed by atoms with Crippen LogP contribution >= 0.6 is 0 Å². The number of hydrogen-bond acceptors (Lipinski definition) is 5. The van der Waals surface area contributed by atoms with Crippen molar-refractivity contribution in [1.82, 2.24) is 0 Å². The van der Waals surface area contributed by atoms with Gasteiger partial charge in [-0.15, -0.1) is 0 Å². The van der Waals surface area contributed by atoms with Gasteiger partial charge < -0.3 is 14.2 Å². The van der Waals surface area contributed by atoms with Crippen LogP contribution < -0.4 is 9.47 Å². The largest absolute Gasteiger partial charge is 0.497 e. The minimum Gasteiger partial charge on any atom is -0.497 e. The zero-order chi connectivity index (χ0) is 18.4. The zero-order valence-corrected chi connectivity index (χ0v) is 14.9. The quantitative estimate of drug-likeness (QED) is 0.565. The Hall–Kier alpha value is -2.82. The third-order valence-electron chi connectivity index (χ3n) is 3.86. The second-order valence-electron chi connectivity index (χ2n) is 5.84. The number of rotatable bonds is 7. The zero-order valence-electron chi connectivity index (χ0n) is 14.9. The second kappa shape index (κ2) is 8.33. The van der Waals surface area contributed by atoms with Crippen LogP contribution in [-0.4, -0.2) is 32.6 Å². The van der Waals surface area contributed by atoms with Crippen molar-refractivity contribution >= 4 is 11.8 Å². The molecule has 0 aliphatic heterocycles. The highest BCUT2D eigenvalue weighted by molar-refractivity contribution is 6.01. The van der Waals surface area contributed by atoms with Crippen LogP contribution in [0.4, 0.5) is 0 Å². The summed E-state index contributed by atoms with van der Waals surface area (Å²) in [6, 6.07) is 12.0. The maximum absolute atomic E-state index is 12.3. The molecule has 2 rings (SSSR count). The van der Waals surface area contributed by atoms with Crippen molar-refractivity contribution in [3.63, 3.8) is 0 Å². The fourth-order valence-electron chi connectivity index (χ4n) is 2.33. The van der Waals surface area contributed by atoms with E-state index in [-0.39, 0.29) is 12.4 Å². The van der Waals surface area contributed by atoms with Crippen LogP contribution in [0.5, 0.6) is 11.5 Å². The summed E-state index contributed by atoms with van der Waals surface area (Å²) in [5.74, 6) is 0.467. The summed E-state index contributed by atoms with van der Waals surface area (Å²) in [6.07, 6.45) is 0. The molecule has 0 aromatic heterocycles. The lowest BCUT2D eigenvalue weighted by molar-refractivity contribution is 0.0474. The molecule has 5 nitrogen and oxygen atoms in total. The first-order chi connectivity index (χ1) is 12.0. The molecule has 0 atom stereocenters. The molecule has 0 radical (unpaired) electrons. The molecule has 0 bridgehead atoms. The number of hydrogen-bond donors (Lipinski definition) is 0. The van der Waals surface area contributed by atoms with Crippen molar-refractivity contribution in [2.24, 2.45) is 0 Å². The fourth-order valence-corrected chi connectivity index (χ4v) is 2.33. The molecule has 0 amide bonds. The van der Waals surface area contributed by atoms with E-state index < -0.39 is 5.97 Å². The number of methoxy groups -OCH3 is 2. The normalized spacial score (nSPS) is 10.4. The standard InChI is InChI=1S/C20H22O5/c1-13(2)14-5-7-15(8-6-14)20(22)25-12-18(21)17-10-9-16(23-3)11-19(17)24-4/h5-11,13H,12H2,1-4H3. The Kier molecular flexibility index (Phi) is 6.17. The Morgan fingerprint density at radius 1 is 0.960 bits per heavy atom. The van der Waals surface area contributed by atoms with E-state index >= 15 is 0 Å². The van der Waals surface area contributed by atoms with Crippen LogP contribution in [0.15, 0.2) is 42.5 Å². The lowest BCUT2D eigenvalue weighted by atomic mass is 10.0. The van der Waals surface area contributed by atoms with Crippen molar-refractivity contribution in [3.05, 3.63) is 59.2 Å². The molecule has 2 aromatic carbocycles. The smallest absolute Gasteiger partial charge is 0.338 e. The van der Waals surface area contributed by atoms with Gasteiger partial charge in [-0.1, -0.05) is 26.0 Å². The van der Waals surface area contributed by atoms with E-state index in [9.17, 15) is 9.59 Å². The number of carbonyl (C=O) groups excluding carboxylic acids is 2. The number of benzene rings is 2. The predicted molar refractivity (Wildman–Crippen MR) is 94.7 cm³/mol. The number of ketones is 1. The molecule has 0 saturated heterocycles. The van der Waals surface area contributed by atoms with E-state index in [4.69, 9.17) is 14.2 Å². The van der Waals surface area contributed by atoms with E-state index in [0.29, 0.717) is 28.5 Å². The van der Waals surface area contributed by atoms with E-state index in [1.807, 2.05) is 12.1 Å². The summed E-state index contributed by atoms with van der Waals surface area (Å²) in [5.41, 5.74) is 1.89. The molecule has 0 saturated carbocycles. The highest BCUT2D eigenvalue weighted by Gasteiger charge is 2.16. The minimum atomic E-state index is -0.531. The Balaban J connectivity index is 2.03. The third kappa shape index (κ3) is 4.59. The van der Waals surface area contributed by atoms with Gasteiger partial charge in [0.1, 0.15) is 11.5 Å². The van der Waals surface area contributed by atoms with Gasteiger partial charge in [-0.2, -0.15) is 0 Å². The molecule has 0 aliphatic rings. The van der Waals surface area contributed by atoms with Crippen molar-refractivity contribution < 1.29 is 23.8 Å². The van der Waals surface area contributed by atoms with E-state index in [0.717, 1.165) is 5.56 Å². The van der Waals surface area contributed by atoms with Crippen LogP contribution in [0.2, 0.25) is 0 Å². The predicted octanol–water partition coefficient (Wildman–Crippen LogP) is 3.87. The molecule has 2 aromatic rings. The first kappa shape index (κ1) is 18.5. The van der Waals surface area contributed by atoms with Gasteiger partial charge >= 0.3 is 5.97 Å². The van der Waals surface area contributed by atoms with Gasteiger partial charge in [0.2, 0.25) is 5.78 Å². The summed E-state index contributed by atoms with van der Waals surface area (Å²) >= 11 is 0. The topological polar surface area (TPSA) is 61.8 Å². The van der Waals surface area contributed by atoms with Crippen LogP contribution in [0, 0.1) is 0 Å². The number of ether oxygens (including phenoxy) is 3. The maximum Gasteiger partial charge on any atom is 0.338 e. The van der Waals surface area contributed by atoms with Crippen LogP contribution in [0.3, 0.4) is 0 Å². The van der Waals surface area contributed by atoms with Gasteiger partial charge in [0.15, 0.2) is 6.61 Å². The van der Waals surface area contributed by atoms with Crippen LogP contribution in [-0.2, 0) is 4.74 Å². The van der Waals surface area contributed by atoms with E-state index in [1.54, 1.807) is 30.3 Å².